The van der Waals surface area contributed by atoms with Gasteiger partial charge in [0, 0.05) is 44.4 Å². The summed E-state index contributed by atoms with van der Waals surface area (Å²) in [7, 11) is -3.26. The molecular formula is C18H24N4O5S. The Kier molecular flexibility index (Phi) is 5.82. The third-order valence-corrected chi connectivity index (χ3v) is 6.76. The van der Waals surface area contributed by atoms with E-state index in [0.717, 1.165) is 17.4 Å². The maximum Gasteiger partial charge on any atom is 0.255 e. The first-order chi connectivity index (χ1) is 13.2. The average Bonchev–Trinajstić information content (AvgIpc) is 2.95. The minimum atomic E-state index is -3.26. The second kappa shape index (κ2) is 7.98. The van der Waals surface area contributed by atoms with Crippen molar-refractivity contribution in [3.63, 3.8) is 0 Å². The minimum Gasteiger partial charge on any atom is -0.329 e. The lowest BCUT2D eigenvalue weighted by molar-refractivity contribution is -0.136. The zero-order valence-electron chi connectivity index (χ0n) is 15.6. The highest BCUT2D eigenvalue weighted by Gasteiger charge is 2.39. The highest BCUT2D eigenvalue weighted by atomic mass is 32.2. The number of rotatable bonds is 7. The summed E-state index contributed by atoms with van der Waals surface area (Å²) >= 11 is 0. The molecule has 9 nitrogen and oxygen atoms in total. The summed E-state index contributed by atoms with van der Waals surface area (Å²) in [6.07, 6.45) is 1.66. The number of piperidine rings is 1. The van der Waals surface area contributed by atoms with E-state index in [1.807, 2.05) is 12.1 Å². The van der Waals surface area contributed by atoms with Gasteiger partial charge in [0.15, 0.2) is 9.84 Å². The van der Waals surface area contributed by atoms with E-state index >= 15 is 0 Å². The van der Waals surface area contributed by atoms with Gasteiger partial charge in [-0.3, -0.25) is 19.7 Å². The molecular weight excluding hydrogens is 384 g/mol. The highest BCUT2D eigenvalue weighted by Crippen LogP contribution is 2.29. The lowest BCUT2D eigenvalue weighted by atomic mass is 10.0. The van der Waals surface area contributed by atoms with Crippen LogP contribution < -0.4 is 16.4 Å². The lowest BCUT2D eigenvalue weighted by Crippen LogP contribution is -2.52. The topological polar surface area (TPSA) is 139 Å². The van der Waals surface area contributed by atoms with Gasteiger partial charge in [-0.15, -0.1) is 0 Å². The number of hydrogen-bond acceptors (Lipinski definition) is 7. The molecule has 4 N–H and O–H groups in total. The molecule has 0 aromatic heterocycles. The van der Waals surface area contributed by atoms with Gasteiger partial charge < -0.3 is 16.0 Å². The number of hydrogen-bond donors (Lipinski definition) is 3. The molecule has 2 atom stereocenters. The molecule has 1 fully saturated rings. The molecule has 1 saturated heterocycles. The third-order valence-electron chi connectivity index (χ3n) is 5.19. The predicted octanol–water partition coefficient (Wildman–Crippen LogP) is -1.09. The Morgan fingerprint density at radius 3 is 2.71 bits per heavy atom. The van der Waals surface area contributed by atoms with Crippen molar-refractivity contribution in [2.45, 2.75) is 37.2 Å². The van der Waals surface area contributed by atoms with Gasteiger partial charge in [0.25, 0.3) is 5.91 Å². The Hall–Kier alpha value is -2.30. The van der Waals surface area contributed by atoms with E-state index < -0.39 is 27.0 Å². The average molecular weight is 408 g/mol. The molecule has 152 valence electrons. The van der Waals surface area contributed by atoms with Crippen molar-refractivity contribution in [3.8, 4) is 0 Å². The lowest BCUT2D eigenvalue weighted by Gasteiger charge is -2.29. The molecule has 3 amide bonds. The van der Waals surface area contributed by atoms with Crippen molar-refractivity contribution >= 4 is 27.6 Å². The maximum atomic E-state index is 13.0. The summed E-state index contributed by atoms with van der Waals surface area (Å²) in [5, 5.41) is 4.65. The SMILES string of the molecule is CS(=O)(=O)C(CN)CNCc1cccc2c1C(=O)N(C1CCC(=O)NC1=O)C2. The molecule has 2 heterocycles. The van der Waals surface area contributed by atoms with E-state index in [1.165, 1.54) is 4.90 Å². The fraction of sp³-hybridized carbons (Fsp3) is 0.500. The molecule has 0 saturated carbocycles. The maximum absolute atomic E-state index is 13.0. The molecule has 10 heteroatoms. The first kappa shape index (κ1) is 20.4. The Balaban J connectivity index is 1.72. The molecule has 0 radical (unpaired) electrons. The van der Waals surface area contributed by atoms with E-state index in [9.17, 15) is 22.8 Å². The molecule has 1 aromatic carbocycles. The van der Waals surface area contributed by atoms with Gasteiger partial charge in [0.2, 0.25) is 11.8 Å². The summed E-state index contributed by atoms with van der Waals surface area (Å²) in [4.78, 5) is 38.0. The van der Waals surface area contributed by atoms with Crippen LogP contribution in [0, 0.1) is 0 Å². The molecule has 2 aliphatic heterocycles. The molecule has 1 aromatic rings. The zero-order valence-corrected chi connectivity index (χ0v) is 16.4. The van der Waals surface area contributed by atoms with Gasteiger partial charge in [-0.25, -0.2) is 8.42 Å². The van der Waals surface area contributed by atoms with Crippen molar-refractivity contribution in [2.24, 2.45) is 5.73 Å². The van der Waals surface area contributed by atoms with Gasteiger partial charge in [-0.05, 0) is 17.5 Å². The number of nitrogens with zero attached hydrogens (tertiary/aromatic N) is 1. The first-order valence-electron chi connectivity index (χ1n) is 9.07. The number of imide groups is 1. The summed E-state index contributed by atoms with van der Waals surface area (Å²) in [6.45, 7) is 0.818. The Labute approximate surface area is 163 Å². The van der Waals surface area contributed by atoms with Crippen LogP contribution in [0.3, 0.4) is 0 Å². The molecule has 28 heavy (non-hydrogen) atoms. The number of fused-ring (bicyclic) bond motifs is 1. The summed E-state index contributed by atoms with van der Waals surface area (Å²) in [5.41, 5.74) is 7.61. The van der Waals surface area contributed by atoms with Crippen LogP contribution >= 0.6 is 0 Å². The van der Waals surface area contributed by atoms with Gasteiger partial charge in [0.05, 0.1) is 5.25 Å². The Bertz CT molecular complexity index is 915. The van der Waals surface area contributed by atoms with Crippen molar-refractivity contribution in [3.05, 3.63) is 34.9 Å². The zero-order chi connectivity index (χ0) is 20.5. The largest absolute Gasteiger partial charge is 0.329 e. The van der Waals surface area contributed by atoms with Crippen LogP contribution in [-0.2, 0) is 32.5 Å². The van der Waals surface area contributed by atoms with Crippen molar-refractivity contribution in [1.82, 2.24) is 15.5 Å². The molecule has 3 rings (SSSR count). The van der Waals surface area contributed by atoms with Crippen LogP contribution in [0.1, 0.15) is 34.3 Å². The fourth-order valence-corrected chi connectivity index (χ4v) is 4.38. The van der Waals surface area contributed by atoms with Crippen LogP contribution in [0.4, 0.5) is 0 Å². The van der Waals surface area contributed by atoms with Gasteiger partial charge >= 0.3 is 0 Å². The highest BCUT2D eigenvalue weighted by molar-refractivity contribution is 7.91. The normalized spacial score (nSPS) is 20.9. The number of nitrogens with two attached hydrogens (primary N) is 1. The fourth-order valence-electron chi connectivity index (χ4n) is 3.61. The number of benzene rings is 1. The molecule has 0 spiro atoms. The van der Waals surface area contributed by atoms with Gasteiger partial charge in [0.1, 0.15) is 6.04 Å². The van der Waals surface area contributed by atoms with Crippen LogP contribution in [-0.4, -0.2) is 61.7 Å². The molecule has 0 bridgehead atoms. The summed E-state index contributed by atoms with van der Waals surface area (Å²) in [6, 6.07) is 4.80. The van der Waals surface area contributed by atoms with E-state index in [-0.39, 0.29) is 31.3 Å². The van der Waals surface area contributed by atoms with E-state index in [2.05, 4.69) is 10.6 Å². The van der Waals surface area contributed by atoms with Crippen molar-refractivity contribution < 1.29 is 22.8 Å². The number of sulfone groups is 1. The van der Waals surface area contributed by atoms with Gasteiger partial charge in [-0.2, -0.15) is 0 Å². The van der Waals surface area contributed by atoms with Gasteiger partial charge in [-0.1, -0.05) is 18.2 Å². The summed E-state index contributed by atoms with van der Waals surface area (Å²) in [5.74, 6) is -1.02. The van der Waals surface area contributed by atoms with Crippen LogP contribution in [0.25, 0.3) is 0 Å². The number of nitrogens with one attached hydrogen (secondary N) is 2. The van der Waals surface area contributed by atoms with E-state index in [0.29, 0.717) is 25.1 Å². The van der Waals surface area contributed by atoms with Crippen LogP contribution in [0.2, 0.25) is 0 Å². The number of amides is 3. The predicted molar refractivity (Wildman–Crippen MR) is 102 cm³/mol. The second-order valence-electron chi connectivity index (χ2n) is 7.17. The number of carbonyl (C=O) groups excluding carboxylic acids is 3. The monoisotopic (exact) mass is 408 g/mol. The number of carbonyl (C=O) groups is 3. The second-order valence-corrected chi connectivity index (χ2v) is 9.50. The molecule has 0 aliphatic carbocycles. The Morgan fingerprint density at radius 2 is 2.07 bits per heavy atom. The standard InChI is InChI=1S/C18H24N4O5S/c1-28(26,27)13(7-19)9-20-8-11-3-2-4-12-10-22(18(25)16(11)12)14-5-6-15(23)21-17(14)24/h2-4,13-14,20H,5-10,19H2,1H3,(H,21,23,24). The molecule has 2 aliphatic rings. The smallest absolute Gasteiger partial charge is 0.255 e. The van der Waals surface area contributed by atoms with Crippen molar-refractivity contribution in [2.75, 3.05) is 19.3 Å². The quantitative estimate of drug-likeness (QED) is 0.487. The summed E-state index contributed by atoms with van der Waals surface area (Å²) < 4.78 is 23.3. The van der Waals surface area contributed by atoms with Crippen LogP contribution in [0.15, 0.2) is 18.2 Å². The van der Waals surface area contributed by atoms with E-state index in [1.54, 1.807) is 6.07 Å². The Morgan fingerprint density at radius 1 is 1.32 bits per heavy atom. The van der Waals surface area contributed by atoms with Crippen molar-refractivity contribution in [1.29, 1.82) is 0 Å². The van der Waals surface area contributed by atoms with Crippen LogP contribution in [0.5, 0.6) is 0 Å². The third kappa shape index (κ3) is 4.08. The molecule has 2 unspecified atom stereocenters. The minimum absolute atomic E-state index is 0.0148. The first-order valence-corrected chi connectivity index (χ1v) is 11.0. The van der Waals surface area contributed by atoms with E-state index in [4.69, 9.17) is 5.73 Å².